The van der Waals surface area contributed by atoms with Gasteiger partial charge in [-0.15, -0.1) is 0 Å². The van der Waals surface area contributed by atoms with Gasteiger partial charge in [0.1, 0.15) is 0 Å². The first-order chi connectivity index (χ1) is 6.15. The maximum Gasteiger partial charge on any atom is 0.269 e. The summed E-state index contributed by atoms with van der Waals surface area (Å²) >= 11 is 0. The molecule has 1 rings (SSSR count). The highest BCUT2D eigenvalue weighted by Crippen LogP contribution is 2.17. The summed E-state index contributed by atoms with van der Waals surface area (Å²) in [4.78, 5) is 9.82. The van der Waals surface area contributed by atoms with Crippen LogP contribution in [0.15, 0.2) is 24.3 Å². The Morgan fingerprint density at radius 3 is 2.38 bits per heavy atom. The van der Waals surface area contributed by atoms with E-state index in [9.17, 15) is 10.1 Å². The van der Waals surface area contributed by atoms with E-state index in [4.69, 9.17) is 5.84 Å². The van der Waals surface area contributed by atoms with Gasteiger partial charge in [-0.05, 0) is 12.1 Å². The standard InChI is InChI=1S/C8H8N3O2/c1-6(10-9)7-2-4-8(5-3-7)11(12)13/h2-6H,1H3/q+1. The molecule has 0 fully saturated rings. The highest BCUT2D eigenvalue weighted by Gasteiger charge is 2.18. The lowest BCUT2D eigenvalue weighted by Crippen LogP contribution is -2.07. The summed E-state index contributed by atoms with van der Waals surface area (Å²) in [5.74, 6) is 8.46. The van der Waals surface area contributed by atoms with Gasteiger partial charge in [-0.25, -0.2) is 0 Å². The van der Waals surface area contributed by atoms with Crippen molar-refractivity contribution in [1.29, 1.82) is 0 Å². The van der Waals surface area contributed by atoms with Crippen LogP contribution in [0, 0.1) is 10.1 Å². The van der Waals surface area contributed by atoms with Gasteiger partial charge in [0.15, 0.2) is 0 Å². The lowest BCUT2D eigenvalue weighted by Gasteiger charge is -1.95. The van der Waals surface area contributed by atoms with E-state index in [2.05, 4.69) is 5.43 Å². The fraction of sp³-hybridized carbons (Fsp3) is 0.250. The second-order valence-corrected chi connectivity index (χ2v) is 2.64. The van der Waals surface area contributed by atoms with Crippen molar-refractivity contribution in [1.82, 2.24) is 11.3 Å². The number of nitro groups is 1. The first kappa shape index (κ1) is 9.63. The van der Waals surface area contributed by atoms with Gasteiger partial charge in [-0.2, -0.15) is 0 Å². The SMILES string of the molecule is CC([N+][N])c1ccc([N+](=O)[O-])cc1. The predicted octanol–water partition coefficient (Wildman–Crippen LogP) is 1.24. The fourth-order valence-corrected chi connectivity index (χ4v) is 0.941. The van der Waals surface area contributed by atoms with Crippen LogP contribution >= 0.6 is 0 Å². The Labute approximate surface area is 75.7 Å². The quantitative estimate of drug-likeness (QED) is 0.515. The number of nitro benzene ring substituents is 1. The third-order valence-corrected chi connectivity index (χ3v) is 1.76. The zero-order valence-electron chi connectivity index (χ0n) is 7.04. The first-order valence-corrected chi connectivity index (χ1v) is 3.73. The minimum Gasteiger partial charge on any atom is -0.258 e. The van der Waals surface area contributed by atoms with Gasteiger partial charge in [0, 0.05) is 24.6 Å². The van der Waals surface area contributed by atoms with Crippen molar-refractivity contribution in [3.8, 4) is 0 Å². The Bertz CT molecular complexity index is 297. The molecular formula is C8H8N3O2+. The van der Waals surface area contributed by atoms with Crippen molar-refractivity contribution in [2.75, 3.05) is 0 Å². The van der Waals surface area contributed by atoms with Gasteiger partial charge in [0.2, 0.25) is 11.5 Å². The molecule has 1 aromatic carbocycles. The molecular weight excluding hydrogens is 170 g/mol. The fourth-order valence-electron chi connectivity index (χ4n) is 0.941. The first-order valence-electron chi connectivity index (χ1n) is 3.73. The number of hydrogen-bond acceptors (Lipinski definition) is 2. The van der Waals surface area contributed by atoms with Crippen LogP contribution in [0.5, 0.6) is 0 Å². The summed E-state index contributed by atoms with van der Waals surface area (Å²) in [6.07, 6.45) is 0. The maximum atomic E-state index is 10.3. The second kappa shape index (κ2) is 3.97. The number of rotatable bonds is 3. The second-order valence-electron chi connectivity index (χ2n) is 2.64. The largest absolute Gasteiger partial charge is 0.269 e. The normalized spacial score (nSPS) is 12.5. The summed E-state index contributed by atoms with van der Waals surface area (Å²) in [5.41, 5.74) is 3.84. The van der Waals surface area contributed by atoms with Gasteiger partial charge in [0.25, 0.3) is 11.5 Å². The van der Waals surface area contributed by atoms with E-state index in [1.165, 1.54) is 12.1 Å². The summed E-state index contributed by atoms with van der Waals surface area (Å²) < 4.78 is 0. The van der Waals surface area contributed by atoms with Gasteiger partial charge < -0.3 is 0 Å². The van der Waals surface area contributed by atoms with Gasteiger partial charge in [-0.3, -0.25) is 10.1 Å². The average Bonchev–Trinajstić information content (AvgIpc) is 2.17. The van der Waals surface area contributed by atoms with Crippen LogP contribution < -0.4 is 11.3 Å². The van der Waals surface area contributed by atoms with E-state index in [1.54, 1.807) is 19.1 Å². The van der Waals surface area contributed by atoms with Crippen LogP contribution in [0.2, 0.25) is 0 Å². The van der Waals surface area contributed by atoms with E-state index < -0.39 is 4.92 Å². The van der Waals surface area contributed by atoms with Crippen LogP contribution in [0.4, 0.5) is 5.69 Å². The minimum atomic E-state index is -0.468. The number of non-ortho nitro benzene ring substituents is 1. The smallest absolute Gasteiger partial charge is 0.258 e. The molecule has 1 unspecified atom stereocenters. The molecule has 0 aliphatic carbocycles. The zero-order chi connectivity index (χ0) is 9.84. The van der Waals surface area contributed by atoms with Crippen LogP contribution in [0.25, 0.3) is 0 Å². The molecule has 1 aromatic rings. The van der Waals surface area contributed by atoms with Crippen molar-refractivity contribution in [2.45, 2.75) is 13.0 Å². The van der Waals surface area contributed by atoms with Crippen LogP contribution in [0.1, 0.15) is 18.5 Å². The van der Waals surface area contributed by atoms with Crippen LogP contribution in [-0.2, 0) is 0 Å². The molecule has 0 saturated carbocycles. The predicted molar refractivity (Wildman–Crippen MR) is 45.8 cm³/mol. The van der Waals surface area contributed by atoms with Crippen molar-refractivity contribution < 1.29 is 4.92 Å². The number of hydrogen-bond donors (Lipinski definition) is 0. The molecule has 0 saturated heterocycles. The molecule has 5 heteroatoms. The molecule has 0 amide bonds. The third kappa shape index (κ3) is 2.24. The molecule has 0 spiro atoms. The van der Waals surface area contributed by atoms with Gasteiger partial charge in [0.05, 0.1) is 4.92 Å². The summed E-state index contributed by atoms with van der Waals surface area (Å²) in [6, 6.07) is 5.57. The molecule has 13 heavy (non-hydrogen) atoms. The van der Waals surface area contributed by atoms with Crippen LogP contribution in [-0.4, -0.2) is 4.92 Å². The number of nitrogens with zero attached hydrogens (tertiary/aromatic N) is 3. The lowest BCUT2D eigenvalue weighted by molar-refractivity contribution is -0.384. The molecule has 0 heterocycles. The lowest BCUT2D eigenvalue weighted by atomic mass is 10.1. The third-order valence-electron chi connectivity index (χ3n) is 1.76. The van der Waals surface area contributed by atoms with Crippen molar-refractivity contribution in [3.05, 3.63) is 39.9 Å². The summed E-state index contributed by atoms with van der Waals surface area (Å²) in [7, 11) is 0. The Morgan fingerprint density at radius 2 is 2.00 bits per heavy atom. The molecule has 0 bridgehead atoms. The van der Waals surface area contributed by atoms with E-state index >= 15 is 0 Å². The Balaban J connectivity index is 2.87. The van der Waals surface area contributed by atoms with Crippen molar-refractivity contribution in [3.63, 3.8) is 0 Å². The van der Waals surface area contributed by atoms with Crippen LogP contribution in [0.3, 0.4) is 0 Å². The topological polar surface area (TPSA) is 79.5 Å². The highest BCUT2D eigenvalue weighted by atomic mass is 16.6. The Morgan fingerprint density at radius 1 is 1.46 bits per heavy atom. The molecule has 66 valence electrons. The minimum absolute atomic E-state index is 0.0360. The van der Waals surface area contributed by atoms with Crippen molar-refractivity contribution in [2.24, 2.45) is 0 Å². The van der Waals surface area contributed by atoms with E-state index in [0.29, 0.717) is 0 Å². The Kier molecular flexibility index (Phi) is 2.94. The molecule has 0 aliphatic heterocycles. The Hall–Kier alpha value is -1.46. The zero-order valence-corrected chi connectivity index (χ0v) is 7.04. The maximum absolute atomic E-state index is 10.3. The number of benzene rings is 1. The molecule has 1 atom stereocenters. The monoisotopic (exact) mass is 178 g/mol. The molecule has 0 aromatic heterocycles. The highest BCUT2D eigenvalue weighted by molar-refractivity contribution is 5.33. The summed E-state index contributed by atoms with van der Waals surface area (Å²) in [6.45, 7) is 1.70. The van der Waals surface area contributed by atoms with Crippen molar-refractivity contribution >= 4 is 5.69 Å². The van der Waals surface area contributed by atoms with E-state index in [1.807, 2.05) is 0 Å². The molecule has 0 N–H and O–H groups in total. The molecule has 0 aliphatic rings. The molecule has 5 nitrogen and oxygen atoms in total. The summed E-state index contributed by atoms with van der Waals surface area (Å²) in [5, 5.41) is 10.3. The molecule has 4 radical (unpaired) electrons. The van der Waals surface area contributed by atoms with E-state index in [0.717, 1.165) is 5.56 Å². The van der Waals surface area contributed by atoms with Gasteiger partial charge in [-0.1, -0.05) is 0 Å². The van der Waals surface area contributed by atoms with E-state index in [-0.39, 0.29) is 11.7 Å². The average molecular weight is 178 g/mol. The van der Waals surface area contributed by atoms with Gasteiger partial charge >= 0.3 is 0 Å².